The van der Waals surface area contributed by atoms with Crippen LogP contribution in [0.5, 0.6) is 11.5 Å². The first-order valence-corrected chi connectivity index (χ1v) is 6.60. The number of aromatic nitrogens is 1. The lowest BCUT2D eigenvalue weighted by Crippen LogP contribution is -1.92. The molecule has 2 N–H and O–H groups in total. The summed E-state index contributed by atoms with van der Waals surface area (Å²) in [6.07, 6.45) is 1.70. The zero-order chi connectivity index (χ0) is 13.2. The molecule has 0 radical (unpaired) electrons. The Labute approximate surface area is 119 Å². The molecule has 0 saturated heterocycles. The molecule has 0 unspecified atom stereocenters. The van der Waals surface area contributed by atoms with Crippen molar-refractivity contribution in [3.8, 4) is 11.5 Å². The number of pyridine rings is 1. The van der Waals surface area contributed by atoms with E-state index in [2.05, 4.69) is 20.9 Å². The van der Waals surface area contributed by atoms with Crippen molar-refractivity contribution in [3.05, 3.63) is 59.2 Å². The summed E-state index contributed by atoms with van der Waals surface area (Å²) in [7, 11) is 0. The Balaban J connectivity index is 2.12. The van der Waals surface area contributed by atoms with Gasteiger partial charge in [0.05, 0.1) is 15.7 Å². The van der Waals surface area contributed by atoms with E-state index in [9.17, 15) is 0 Å². The lowest BCUT2D eigenvalue weighted by Gasteiger charge is -2.10. The maximum absolute atomic E-state index is 5.93. The summed E-state index contributed by atoms with van der Waals surface area (Å²) in [5.74, 6) is 1.50. The number of rotatable bonds is 2. The molecule has 2 aromatic carbocycles. The lowest BCUT2D eigenvalue weighted by atomic mass is 10.2. The van der Waals surface area contributed by atoms with Gasteiger partial charge in [-0.15, -0.1) is 0 Å². The molecule has 3 nitrogen and oxygen atoms in total. The topological polar surface area (TPSA) is 48.1 Å². The van der Waals surface area contributed by atoms with E-state index < -0.39 is 0 Å². The minimum atomic E-state index is 0.648. The Hall–Kier alpha value is -2.07. The summed E-state index contributed by atoms with van der Waals surface area (Å²) in [6, 6.07) is 15.2. The highest BCUT2D eigenvalue weighted by Crippen LogP contribution is 2.34. The number of anilines is 1. The second-order valence-corrected chi connectivity index (χ2v) is 4.94. The maximum Gasteiger partial charge on any atom is 0.141 e. The van der Waals surface area contributed by atoms with Crippen LogP contribution in [-0.2, 0) is 0 Å². The Kier molecular flexibility index (Phi) is 3.09. The first-order valence-electron chi connectivity index (χ1n) is 5.81. The number of nitrogen functional groups attached to an aromatic ring is 1. The molecule has 0 aliphatic heterocycles. The molecule has 0 spiro atoms. The average Bonchev–Trinajstić information content (AvgIpc) is 2.42. The minimum absolute atomic E-state index is 0.648. The van der Waals surface area contributed by atoms with E-state index >= 15 is 0 Å². The van der Waals surface area contributed by atoms with E-state index in [0.29, 0.717) is 5.69 Å². The van der Waals surface area contributed by atoms with Gasteiger partial charge in [-0.1, -0.05) is 18.2 Å². The van der Waals surface area contributed by atoms with Gasteiger partial charge in [0.2, 0.25) is 0 Å². The molecule has 0 amide bonds. The summed E-state index contributed by atoms with van der Waals surface area (Å²) < 4.78 is 6.84. The van der Waals surface area contributed by atoms with Gasteiger partial charge in [0.25, 0.3) is 0 Å². The van der Waals surface area contributed by atoms with Gasteiger partial charge < -0.3 is 10.5 Å². The number of hydrogen-bond donors (Lipinski definition) is 1. The van der Waals surface area contributed by atoms with Crippen LogP contribution in [0.2, 0.25) is 0 Å². The van der Waals surface area contributed by atoms with Gasteiger partial charge in [0.1, 0.15) is 11.5 Å². The number of fused-ring (bicyclic) bond motifs is 1. The van der Waals surface area contributed by atoms with Gasteiger partial charge in [-0.3, -0.25) is 4.98 Å². The molecule has 94 valence electrons. The SMILES string of the molecule is Nc1cccc2c(Oc3ccccc3Br)ccnc12. The molecule has 0 bridgehead atoms. The molecule has 0 aliphatic carbocycles. The van der Waals surface area contributed by atoms with Gasteiger partial charge in [-0.05, 0) is 46.3 Å². The zero-order valence-corrected chi connectivity index (χ0v) is 11.6. The summed E-state index contributed by atoms with van der Waals surface area (Å²) in [5.41, 5.74) is 7.33. The Morgan fingerprint density at radius 1 is 0.947 bits per heavy atom. The first-order chi connectivity index (χ1) is 9.25. The van der Waals surface area contributed by atoms with Crippen LogP contribution >= 0.6 is 15.9 Å². The predicted octanol–water partition coefficient (Wildman–Crippen LogP) is 4.37. The molecular weight excluding hydrogens is 304 g/mol. The van der Waals surface area contributed by atoms with E-state index in [1.54, 1.807) is 6.20 Å². The molecule has 3 rings (SSSR count). The zero-order valence-electron chi connectivity index (χ0n) is 10.0. The third-order valence-corrected chi connectivity index (χ3v) is 3.47. The molecule has 19 heavy (non-hydrogen) atoms. The number of halogens is 1. The number of hydrogen-bond acceptors (Lipinski definition) is 3. The molecule has 1 aromatic heterocycles. The molecule has 0 saturated carbocycles. The van der Waals surface area contributed by atoms with Crippen LogP contribution in [-0.4, -0.2) is 4.98 Å². The maximum atomic E-state index is 5.93. The lowest BCUT2D eigenvalue weighted by molar-refractivity contribution is 0.485. The van der Waals surface area contributed by atoms with Crippen molar-refractivity contribution >= 4 is 32.5 Å². The molecule has 1 heterocycles. The second kappa shape index (κ2) is 4.90. The fourth-order valence-electron chi connectivity index (χ4n) is 1.91. The van der Waals surface area contributed by atoms with E-state index in [-0.39, 0.29) is 0 Å². The predicted molar refractivity (Wildman–Crippen MR) is 80.4 cm³/mol. The fraction of sp³-hybridized carbons (Fsp3) is 0. The highest BCUT2D eigenvalue weighted by molar-refractivity contribution is 9.10. The quantitative estimate of drug-likeness (QED) is 0.714. The van der Waals surface area contributed by atoms with Crippen molar-refractivity contribution in [2.75, 3.05) is 5.73 Å². The highest BCUT2D eigenvalue weighted by Gasteiger charge is 2.07. The Morgan fingerprint density at radius 2 is 1.79 bits per heavy atom. The van der Waals surface area contributed by atoms with Crippen molar-refractivity contribution in [1.29, 1.82) is 0 Å². The Bertz CT molecular complexity index is 743. The van der Waals surface area contributed by atoms with Crippen LogP contribution in [0.15, 0.2) is 59.2 Å². The number of ether oxygens (including phenoxy) is 1. The molecular formula is C15H11BrN2O. The number of nitrogens with zero attached hydrogens (tertiary/aromatic N) is 1. The van der Waals surface area contributed by atoms with Crippen molar-refractivity contribution < 1.29 is 4.74 Å². The molecule has 0 atom stereocenters. The molecule has 0 fully saturated rings. The summed E-state index contributed by atoms with van der Waals surface area (Å²) in [4.78, 5) is 4.29. The van der Waals surface area contributed by atoms with Gasteiger partial charge in [0, 0.05) is 11.6 Å². The second-order valence-electron chi connectivity index (χ2n) is 4.08. The Morgan fingerprint density at radius 3 is 2.63 bits per heavy atom. The van der Waals surface area contributed by atoms with Crippen molar-refractivity contribution in [1.82, 2.24) is 4.98 Å². The van der Waals surface area contributed by atoms with E-state index in [0.717, 1.165) is 26.9 Å². The van der Waals surface area contributed by atoms with Crippen LogP contribution in [0.25, 0.3) is 10.9 Å². The third kappa shape index (κ3) is 2.27. The van der Waals surface area contributed by atoms with Crippen molar-refractivity contribution in [3.63, 3.8) is 0 Å². The summed E-state index contributed by atoms with van der Waals surface area (Å²) in [5, 5.41) is 0.901. The largest absolute Gasteiger partial charge is 0.455 e. The van der Waals surface area contributed by atoms with Crippen molar-refractivity contribution in [2.24, 2.45) is 0 Å². The summed E-state index contributed by atoms with van der Waals surface area (Å²) in [6.45, 7) is 0. The van der Waals surface area contributed by atoms with Crippen LogP contribution in [0.3, 0.4) is 0 Å². The molecule has 4 heteroatoms. The average molecular weight is 315 g/mol. The molecule has 3 aromatic rings. The van der Waals surface area contributed by atoms with E-state index in [1.807, 2.05) is 48.5 Å². The van der Waals surface area contributed by atoms with Crippen molar-refractivity contribution in [2.45, 2.75) is 0 Å². The van der Waals surface area contributed by atoms with Gasteiger partial charge in [0.15, 0.2) is 0 Å². The smallest absolute Gasteiger partial charge is 0.141 e. The standard InChI is InChI=1S/C15H11BrN2O/c16-11-5-1-2-7-14(11)19-13-8-9-18-15-10(13)4-3-6-12(15)17/h1-9H,17H2. The van der Waals surface area contributed by atoms with Gasteiger partial charge in [-0.25, -0.2) is 0 Å². The summed E-state index contributed by atoms with van der Waals surface area (Å²) >= 11 is 3.47. The number of nitrogens with two attached hydrogens (primary N) is 1. The first kappa shape index (κ1) is 12.0. The van der Waals surface area contributed by atoms with Crippen LogP contribution < -0.4 is 10.5 Å². The number of para-hydroxylation sites is 2. The van der Waals surface area contributed by atoms with Crippen LogP contribution in [0, 0.1) is 0 Å². The van der Waals surface area contributed by atoms with E-state index in [1.165, 1.54) is 0 Å². The van der Waals surface area contributed by atoms with E-state index in [4.69, 9.17) is 10.5 Å². The fourth-order valence-corrected chi connectivity index (χ4v) is 2.27. The normalized spacial score (nSPS) is 10.6. The van der Waals surface area contributed by atoms with Gasteiger partial charge >= 0.3 is 0 Å². The van der Waals surface area contributed by atoms with Gasteiger partial charge in [-0.2, -0.15) is 0 Å². The third-order valence-electron chi connectivity index (χ3n) is 2.82. The number of benzene rings is 2. The minimum Gasteiger partial charge on any atom is -0.455 e. The van der Waals surface area contributed by atoms with Crippen LogP contribution in [0.1, 0.15) is 0 Å². The highest BCUT2D eigenvalue weighted by atomic mass is 79.9. The van der Waals surface area contributed by atoms with Crippen LogP contribution in [0.4, 0.5) is 5.69 Å². The molecule has 0 aliphatic rings. The monoisotopic (exact) mass is 314 g/mol.